The van der Waals surface area contributed by atoms with Gasteiger partial charge in [-0.05, 0) is 37.3 Å². The normalized spacial score (nSPS) is 9.81. The van der Waals surface area contributed by atoms with E-state index in [2.05, 4.69) is 6.07 Å². The molecule has 0 fully saturated rings. The van der Waals surface area contributed by atoms with Crippen LogP contribution in [0.5, 0.6) is 17.2 Å². The van der Waals surface area contributed by atoms with Crippen LogP contribution in [0, 0.1) is 6.07 Å². The van der Waals surface area contributed by atoms with Gasteiger partial charge in [0.2, 0.25) is 0 Å². The molecule has 0 spiro atoms. The van der Waals surface area contributed by atoms with Gasteiger partial charge in [0, 0.05) is 6.07 Å². The van der Waals surface area contributed by atoms with Gasteiger partial charge >= 0.3 is 0 Å². The van der Waals surface area contributed by atoms with Gasteiger partial charge in [-0.2, -0.15) is 0 Å². The lowest BCUT2D eigenvalue weighted by molar-refractivity contribution is 0.338. The van der Waals surface area contributed by atoms with Crippen LogP contribution >= 0.6 is 0 Å². The van der Waals surface area contributed by atoms with Crippen molar-refractivity contribution in [3.05, 3.63) is 54.6 Å². The second-order valence-electron chi connectivity index (χ2n) is 3.25. The van der Waals surface area contributed by atoms with Gasteiger partial charge in [0.1, 0.15) is 17.2 Å². The molecule has 0 aromatic heterocycles. The standard InChI is InChI=1S/C14H13O2/c1-2-15-13-9-6-10-14(11-13)16-12-7-4-3-5-8-12/h4-11H,2H2,1H3. The van der Waals surface area contributed by atoms with Crippen molar-refractivity contribution in [3.8, 4) is 17.2 Å². The number of ether oxygens (including phenoxy) is 2. The fourth-order valence-corrected chi connectivity index (χ4v) is 1.37. The summed E-state index contributed by atoms with van der Waals surface area (Å²) in [5, 5.41) is 0. The third-order valence-corrected chi connectivity index (χ3v) is 2.04. The van der Waals surface area contributed by atoms with E-state index >= 15 is 0 Å². The van der Waals surface area contributed by atoms with E-state index in [4.69, 9.17) is 9.47 Å². The van der Waals surface area contributed by atoms with Crippen LogP contribution in [-0.4, -0.2) is 6.61 Å². The van der Waals surface area contributed by atoms with Crippen molar-refractivity contribution >= 4 is 0 Å². The molecule has 0 aliphatic heterocycles. The average molecular weight is 213 g/mol. The summed E-state index contributed by atoms with van der Waals surface area (Å²) in [6.45, 7) is 2.62. The minimum absolute atomic E-state index is 0.656. The van der Waals surface area contributed by atoms with Gasteiger partial charge in [0.15, 0.2) is 0 Å². The maximum absolute atomic E-state index is 5.67. The summed E-state index contributed by atoms with van der Waals surface area (Å²) >= 11 is 0. The van der Waals surface area contributed by atoms with Crippen LogP contribution in [-0.2, 0) is 0 Å². The minimum Gasteiger partial charge on any atom is -0.494 e. The molecule has 0 saturated carbocycles. The predicted octanol–water partition coefficient (Wildman–Crippen LogP) is 3.68. The Morgan fingerprint density at radius 1 is 1.00 bits per heavy atom. The third kappa shape index (κ3) is 2.76. The van der Waals surface area contributed by atoms with Gasteiger partial charge in [-0.15, -0.1) is 0 Å². The highest BCUT2D eigenvalue weighted by molar-refractivity contribution is 5.36. The van der Waals surface area contributed by atoms with E-state index in [0.717, 1.165) is 17.2 Å². The Morgan fingerprint density at radius 3 is 2.50 bits per heavy atom. The van der Waals surface area contributed by atoms with Crippen molar-refractivity contribution in [1.29, 1.82) is 0 Å². The van der Waals surface area contributed by atoms with Gasteiger partial charge in [-0.3, -0.25) is 0 Å². The fourth-order valence-electron chi connectivity index (χ4n) is 1.37. The van der Waals surface area contributed by atoms with E-state index in [1.807, 2.05) is 55.5 Å². The molecule has 1 radical (unpaired) electrons. The molecule has 0 aliphatic carbocycles. The van der Waals surface area contributed by atoms with Gasteiger partial charge in [0.25, 0.3) is 0 Å². The second-order valence-corrected chi connectivity index (χ2v) is 3.25. The Bertz CT molecular complexity index is 437. The van der Waals surface area contributed by atoms with Gasteiger partial charge in [-0.1, -0.05) is 18.2 Å². The number of hydrogen-bond donors (Lipinski definition) is 0. The van der Waals surface area contributed by atoms with Gasteiger partial charge < -0.3 is 9.47 Å². The van der Waals surface area contributed by atoms with Crippen molar-refractivity contribution in [2.24, 2.45) is 0 Å². The van der Waals surface area contributed by atoms with E-state index in [1.54, 1.807) is 0 Å². The lowest BCUT2D eigenvalue weighted by atomic mass is 10.3. The van der Waals surface area contributed by atoms with Gasteiger partial charge in [-0.25, -0.2) is 0 Å². The molecule has 0 N–H and O–H groups in total. The molecule has 2 aromatic carbocycles. The molecule has 0 saturated heterocycles. The largest absolute Gasteiger partial charge is 0.494 e. The quantitative estimate of drug-likeness (QED) is 0.771. The number of rotatable bonds is 4. The topological polar surface area (TPSA) is 18.5 Å². The molecule has 0 amide bonds. The first kappa shape index (κ1) is 10.6. The summed E-state index contributed by atoms with van der Waals surface area (Å²) in [6.07, 6.45) is 0. The molecule has 16 heavy (non-hydrogen) atoms. The molecule has 0 unspecified atom stereocenters. The van der Waals surface area contributed by atoms with Crippen LogP contribution in [0.4, 0.5) is 0 Å². The molecule has 2 nitrogen and oxygen atoms in total. The monoisotopic (exact) mass is 213 g/mol. The minimum atomic E-state index is 0.656. The summed E-state index contributed by atoms with van der Waals surface area (Å²) in [7, 11) is 0. The van der Waals surface area contributed by atoms with Gasteiger partial charge in [0.05, 0.1) is 6.61 Å². The zero-order valence-electron chi connectivity index (χ0n) is 9.14. The smallest absolute Gasteiger partial charge is 0.131 e. The maximum Gasteiger partial charge on any atom is 0.131 e. The van der Waals surface area contributed by atoms with E-state index in [1.165, 1.54) is 0 Å². The predicted molar refractivity (Wildman–Crippen MR) is 63.0 cm³/mol. The summed E-state index contributed by atoms with van der Waals surface area (Å²) in [6, 6.07) is 17.9. The van der Waals surface area contributed by atoms with Crippen LogP contribution in [0.15, 0.2) is 48.5 Å². The Kier molecular flexibility index (Phi) is 3.44. The molecular formula is C14H13O2. The Balaban J connectivity index is 2.12. The molecule has 2 aromatic rings. The van der Waals surface area contributed by atoms with Crippen molar-refractivity contribution < 1.29 is 9.47 Å². The van der Waals surface area contributed by atoms with Crippen LogP contribution in [0.2, 0.25) is 0 Å². The number of hydrogen-bond acceptors (Lipinski definition) is 2. The molecule has 0 heterocycles. The van der Waals surface area contributed by atoms with E-state index < -0.39 is 0 Å². The zero-order valence-corrected chi connectivity index (χ0v) is 9.14. The highest BCUT2D eigenvalue weighted by atomic mass is 16.5. The molecule has 2 heteroatoms. The van der Waals surface area contributed by atoms with E-state index in [-0.39, 0.29) is 0 Å². The van der Waals surface area contributed by atoms with Crippen molar-refractivity contribution in [1.82, 2.24) is 0 Å². The van der Waals surface area contributed by atoms with E-state index in [0.29, 0.717) is 6.61 Å². The highest BCUT2D eigenvalue weighted by Crippen LogP contribution is 2.24. The van der Waals surface area contributed by atoms with E-state index in [9.17, 15) is 0 Å². The van der Waals surface area contributed by atoms with Crippen molar-refractivity contribution in [2.75, 3.05) is 6.61 Å². The summed E-state index contributed by atoms with van der Waals surface area (Å²) < 4.78 is 11.1. The molecule has 0 aliphatic rings. The van der Waals surface area contributed by atoms with Crippen LogP contribution < -0.4 is 9.47 Å². The van der Waals surface area contributed by atoms with Crippen molar-refractivity contribution in [3.63, 3.8) is 0 Å². The summed E-state index contributed by atoms with van der Waals surface area (Å²) in [4.78, 5) is 0. The zero-order chi connectivity index (χ0) is 11.2. The fraction of sp³-hybridized carbons (Fsp3) is 0.143. The molecule has 2 rings (SSSR count). The first-order valence-corrected chi connectivity index (χ1v) is 5.25. The van der Waals surface area contributed by atoms with Crippen molar-refractivity contribution in [2.45, 2.75) is 6.92 Å². The van der Waals surface area contributed by atoms with Crippen LogP contribution in [0.3, 0.4) is 0 Å². The third-order valence-electron chi connectivity index (χ3n) is 2.04. The van der Waals surface area contributed by atoms with Crippen LogP contribution in [0.1, 0.15) is 6.92 Å². The Hall–Kier alpha value is -1.96. The molecule has 0 bridgehead atoms. The average Bonchev–Trinajstić information content (AvgIpc) is 2.31. The SMILES string of the molecule is CCOc1cccc(Oc2cc[c]cc2)c1. The first-order chi connectivity index (χ1) is 7.88. The molecular weight excluding hydrogens is 200 g/mol. The maximum atomic E-state index is 5.67. The molecule has 81 valence electrons. The lowest BCUT2D eigenvalue weighted by Crippen LogP contribution is -1.91. The number of benzene rings is 2. The highest BCUT2D eigenvalue weighted by Gasteiger charge is 1.98. The first-order valence-electron chi connectivity index (χ1n) is 5.25. The Morgan fingerprint density at radius 2 is 1.75 bits per heavy atom. The summed E-state index contributed by atoms with van der Waals surface area (Å²) in [5.41, 5.74) is 0. The lowest BCUT2D eigenvalue weighted by Gasteiger charge is -2.07. The Labute approximate surface area is 95.4 Å². The molecule has 0 atom stereocenters. The van der Waals surface area contributed by atoms with Crippen LogP contribution in [0.25, 0.3) is 0 Å². The summed E-state index contributed by atoms with van der Waals surface area (Å²) in [5.74, 6) is 2.40. The second kappa shape index (κ2) is 5.21.